The molecule has 0 unspecified atom stereocenters. The van der Waals surface area contributed by atoms with E-state index in [1.54, 1.807) is 13.2 Å². The summed E-state index contributed by atoms with van der Waals surface area (Å²) in [5, 5.41) is 4.33. The van der Waals surface area contributed by atoms with Gasteiger partial charge in [-0.05, 0) is 60.7 Å². The van der Waals surface area contributed by atoms with Crippen molar-refractivity contribution in [2.45, 2.75) is 40.2 Å². The minimum atomic E-state index is -0.342. The molecule has 0 bridgehead atoms. The Morgan fingerprint density at radius 1 is 1.11 bits per heavy atom. The number of aryl methyl sites for hydroxylation is 1. The number of anilines is 1. The first-order chi connectivity index (χ1) is 13.4. The van der Waals surface area contributed by atoms with E-state index in [9.17, 15) is 4.79 Å². The molecule has 0 saturated heterocycles. The molecule has 28 heavy (non-hydrogen) atoms. The van der Waals surface area contributed by atoms with E-state index in [2.05, 4.69) is 25.2 Å². The molecule has 0 fully saturated rings. The minimum absolute atomic E-state index is 0.342. The van der Waals surface area contributed by atoms with Crippen LogP contribution in [0.4, 0.5) is 5.69 Å². The topological polar surface area (TPSA) is 60.7 Å². The van der Waals surface area contributed by atoms with E-state index in [0.717, 1.165) is 22.2 Å². The zero-order chi connectivity index (χ0) is 20.3. The van der Waals surface area contributed by atoms with Crippen molar-refractivity contribution in [3.8, 4) is 11.5 Å². The van der Waals surface area contributed by atoms with Crippen LogP contribution >= 0.6 is 0 Å². The van der Waals surface area contributed by atoms with Crippen molar-refractivity contribution in [3.63, 3.8) is 0 Å². The van der Waals surface area contributed by atoms with Gasteiger partial charge in [-0.25, -0.2) is 4.79 Å². The Morgan fingerprint density at radius 3 is 2.57 bits per heavy atom. The van der Waals surface area contributed by atoms with Crippen LogP contribution in [0.5, 0.6) is 11.5 Å². The maximum absolute atomic E-state index is 12.0. The average Bonchev–Trinajstić information content (AvgIpc) is 2.66. The van der Waals surface area contributed by atoms with Gasteiger partial charge >= 0.3 is 5.63 Å². The number of nitrogens with one attached hydrogen (secondary N) is 1. The summed E-state index contributed by atoms with van der Waals surface area (Å²) in [6.45, 7) is 9.39. The van der Waals surface area contributed by atoms with Crippen molar-refractivity contribution < 1.29 is 13.9 Å². The van der Waals surface area contributed by atoms with Gasteiger partial charge < -0.3 is 19.2 Å². The van der Waals surface area contributed by atoms with Crippen LogP contribution in [0.3, 0.4) is 0 Å². The molecule has 0 amide bonds. The van der Waals surface area contributed by atoms with Gasteiger partial charge in [0.05, 0.1) is 13.7 Å². The highest BCUT2D eigenvalue weighted by atomic mass is 16.5. The third-order valence-corrected chi connectivity index (χ3v) is 4.79. The van der Waals surface area contributed by atoms with Crippen molar-refractivity contribution in [2.24, 2.45) is 0 Å². The molecule has 2 aromatic carbocycles. The first kappa shape index (κ1) is 19.8. The first-order valence-electron chi connectivity index (χ1n) is 9.55. The van der Waals surface area contributed by atoms with Gasteiger partial charge in [-0.1, -0.05) is 13.8 Å². The summed E-state index contributed by atoms with van der Waals surface area (Å²) in [5.41, 5.74) is 4.46. The van der Waals surface area contributed by atoms with Gasteiger partial charge in [0.1, 0.15) is 5.58 Å². The maximum atomic E-state index is 12.0. The Balaban J connectivity index is 1.94. The fourth-order valence-corrected chi connectivity index (χ4v) is 3.41. The van der Waals surface area contributed by atoms with Crippen LogP contribution in [0.25, 0.3) is 11.0 Å². The smallest absolute Gasteiger partial charge is 0.336 e. The van der Waals surface area contributed by atoms with Gasteiger partial charge in [0, 0.05) is 29.8 Å². The van der Waals surface area contributed by atoms with Crippen LogP contribution in [0.1, 0.15) is 43.4 Å². The molecule has 1 heterocycles. The van der Waals surface area contributed by atoms with Crippen molar-refractivity contribution in [1.82, 2.24) is 0 Å². The number of hydrogen-bond acceptors (Lipinski definition) is 5. The molecule has 1 aromatic heterocycles. The number of methoxy groups -OCH3 is 1. The molecular formula is C23H27NO4. The SMILES string of the molecule is CCOc1ccc(NCc2cc(=O)oc3cc(C)c(C(C)C)cc23)cc1OC. The van der Waals surface area contributed by atoms with E-state index < -0.39 is 0 Å². The fraction of sp³-hybridized carbons (Fsp3) is 0.348. The second kappa shape index (κ2) is 8.38. The van der Waals surface area contributed by atoms with E-state index in [1.807, 2.05) is 38.1 Å². The third kappa shape index (κ3) is 4.14. The van der Waals surface area contributed by atoms with Crippen molar-refractivity contribution >= 4 is 16.7 Å². The molecule has 0 aliphatic rings. The lowest BCUT2D eigenvalue weighted by molar-refractivity contribution is 0.311. The van der Waals surface area contributed by atoms with E-state index in [1.165, 1.54) is 5.56 Å². The van der Waals surface area contributed by atoms with Gasteiger partial charge in [-0.3, -0.25) is 0 Å². The monoisotopic (exact) mass is 381 g/mol. The Morgan fingerprint density at radius 2 is 1.89 bits per heavy atom. The van der Waals surface area contributed by atoms with Crippen LogP contribution in [-0.2, 0) is 6.54 Å². The Bertz CT molecular complexity index is 1040. The Labute approximate surface area is 165 Å². The highest BCUT2D eigenvalue weighted by Crippen LogP contribution is 2.31. The van der Waals surface area contributed by atoms with Crippen molar-refractivity contribution in [2.75, 3.05) is 19.0 Å². The summed E-state index contributed by atoms with van der Waals surface area (Å²) in [6, 6.07) is 11.3. The summed E-state index contributed by atoms with van der Waals surface area (Å²) in [6.07, 6.45) is 0. The lowest BCUT2D eigenvalue weighted by atomic mass is 9.95. The standard InChI is InChI=1S/C23H27NO4/c1-6-27-20-8-7-17(11-22(20)26-5)24-13-16-10-23(25)28-21-9-15(4)18(14(2)3)12-19(16)21/h7-12,14,24H,6,13H2,1-5H3. The van der Waals surface area contributed by atoms with Gasteiger partial charge in [0.2, 0.25) is 0 Å². The van der Waals surface area contributed by atoms with E-state index >= 15 is 0 Å². The highest BCUT2D eigenvalue weighted by Gasteiger charge is 2.12. The normalized spacial score (nSPS) is 11.1. The van der Waals surface area contributed by atoms with Gasteiger partial charge in [0.15, 0.2) is 11.5 Å². The van der Waals surface area contributed by atoms with Crippen LogP contribution in [0, 0.1) is 6.92 Å². The number of fused-ring (bicyclic) bond motifs is 1. The summed E-state index contributed by atoms with van der Waals surface area (Å²) in [5.74, 6) is 1.77. The van der Waals surface area contributed by atoms with E-state index in [0.29, 0.717) is 36.2 Å². The predicted octanol–water partition coefficient (Wildman–Crippen LogP) is 5.24. The summed E-state index contributed by atoms with van der Waals surface area (Å²) in [7, 11) is 1.62. The Hall–Kier alpha value is -2.95. The molecule has 0 aliphatic heterocycles. The fourth-order valence-electron chi connectivity index (χ4n) is 3.41. The summed E-state index contributed by atoms with van der Waals surface area (Å²) in [4.78, 5) is 12.0. The quantitative estimate of drug-likeness (QED) is 0.567. The molecule has 5 nitrogen and oxygen atoms in total. The number of ether oxygens (including phenoxy) is 2. The second-order valence-electron chi connectivity index (χ2n) is 7.10. The molecule has 0 spiro atoms. The van der Waals surface area contributed by atoms with Crippen molar-refractivity contribution in [1.29, 1.82) is 0 Å². The first-order valence-corrected chi connectivity index (χ1v) is 9.55. The van der Waals surface area contributed by atoms with Crippen LogP contribution in [0.15, 0.2) is 45.6 Å². The van der Waals surface area contributed by atoms with Crippen LogP contribution in [-0.4, -0.2) is 13.7 Å². The summed E-state index contributed by atoms with van der Waals surface area (Å²) >= 11 is 0. The predicted molar refractivity (Wildman–Crippen MR) is 113 cm³/mol. The summed E-state index contributed by atoms with van der Waals surface area (Å²) < 4.78 is 16.4. The lowest BCUT2D eigenvalue weighted by Crippen LogP contribution is -2.07. The molecule has 3 rings (SSSR count). The molecule has 0 saturated carbocycles. The van der Waals surface area contributed by atoms with Crippen molar-refractivity contribution in [3.05, 3.63) is 63.5 Å². The molecular weight excluding hydrogens is 354 g/mol. The molecule has 3 aromatic rings. The largest absolute Gasteiger partial charge is 0.493 e. The molecule has 148 valence electrons. The number of hydrogen-bond donors (Lipinski definition) is 1. The molecule has 1 N–H and O–H groups in total. The molecule has 5 heteroatoms. The molecule has 0 radical (unpaired) electrons. The second-order valence-corrected chi connectivity index (χ2v) is 7.10. The van der Waals surface area contributed by atoms with Gasteiger partial charge in [-0.15, -0.1) is 0 Å². The zero-order valence-corrected chi connectivity index (χ0v) is 17.1. The number of rotatable bonds is 7. The van der Waals surface area contributed by atoms with Gasteiger partial charge in [0.25, 0.3) is 0 Å². The molecule has 0 aliphatic carbocycles. The van der Waals surface area contributed by atoms with Crippen LogP contribution in [0.2, 0.25) is 0 Å². The zero-order valence-electron chi connectivity index (χ0n) is 17.1. The van der Waals surface area contributed by atoms with E-state index in [4.69, 9.17) is 13.9 Å². The third-order valence-electron chi connectivity index (χ3n) is 4.79. The minimum Gasteiger partial charge on any atom is -0.493 e. The van der Waals surface area contributed by atoms with E-state index in [-0.39, 0.29) is 5.63 Å². The molecule has 0 atom stereocenters. The average molecular weight is 381 g/mol. The Kier molecular flexibility index (Phi) is 5.93. The van der Waals surface area contributed by atoms with Gasteiger partial charge in [-0.2, -0.15) is 0 Å². The lowest BCUT2D eigenvalue weighted by Gasteiger charge is -2.15. The number of benzene rings is 2. The maximum Gasteiger partial charge on any atom is 0.336 e. The highest BCUT2D eigenvalue weighted by molar-refractivity contribution is 5.82. The van der Waals surface area contributed by atoms with Crippen LogP contribution < -0.4 is 20.4 Å².